The Balaban J connectivity index is 1.95. The van der Waals surface area contributed by atoms with Crippen LogP contribution in [-0.4, -0.2) is 39.3 Å². The molecule has 2 unspecified atom stereocenters. The van der Waals surface area contributed by atoms with Crippen LogP contribution in [0.3, 0.4) is 0 Å². The summed E-state index contributed by atoms with van der Waals surface area (Å²) in [7, 11) is 1.80. The minimum absolute atomic E-state index is 0.237. The number of nitrogens with one attached hydrogen (secondary N) is 3. The van der Waals surface area contributed by atoms with Gasteiger partial charge in [0.05, 0.1) is 6.04 Å². The van der Waals surface area contributed by atoms with Gasteiger partial charge in [0.2, 0.25) is 5.91 Å². The summed E-state index contributed by atoms with van der Waals surface area (Å²) < 4.78 is 1.73. The van der Waals surface area contributed by atoms with Gasteiger partial charge in [-0.05, 0) is 6.92 Å². The molecule has 17 heavy (non-hydrogen) atoms. The molecule has 92 valence electrons. The van der Waals surface area contributed by atoms with Crippen molar-refractivity contribution < 1.29 is 9.59 Å². The summed E-state index contributed by atoms with van der Waals surface area (Å²) in [5.41, 5.74) is 0. The molecule has 8 nitrogen and oxygen atoms in total. The van der Waals surface area contributed by atoms with E-state index >= 15 is 0 Å². The zero-order valence-corrected chi connectivity index (χ0v) is 9.60. The van der Waals surface area contributed by atoms with E-state index in [1.165, 1.54) is 0 Å². The molecule has 1 aliphatic heterocycles. The van der Waals surface area contributed by atoms with Gasteiger partial charge in [0.25, 0.3) is 0 Å². The third kappa shape index (κ3) is 2.35. The minimum Gasteiger partial charge on any atom is -0.345 e. The summed E-state index contributed by atoms with van der Waals surface area (Å²) in [6.45, 7) is 2.11. The van der Waals surface area contributed by atoms with Gasteiger partial charge in [0.15, 0.2) is 5.82 Å². The number of carbonyl (C=O) groups is 2. The number of aromatic nitrogens is 3. The lowest BCUT2D eigenvalue weighted by Crippen LogP contribution is -2.44. The average Bonchev–Trinajstić information content (AvgIpc) is 2.86. The van der Waals surface area contributed by atoms with Crippen LogP contribution in [-0.2, 0) is 11.8 Å². The fraction of sp³-hybridized carbons (Fsp3) is 0.556. The van der Waals surface area contributed by atoms with Crippen molar-refractivity contribution in [3.8, 4) is 0 Å². The first kappa shape index (κ1) is 11.4. The van der Waals surface area contributed by atoms with Crippen molar-refractivity contribution in [3.63, 3.8) is 0 Å². The van der Waals surface area contributed by atoms with Gasteiger partial charge in [-0.25, -0.2) is 4.79 Å². The van der Waals surface area contributed by atoms with E-state index < -0.39 is 6.04 Å². The van der Waals surface area contributed by atoms with Crippen LogP contribution in [0.1, 0.15) is 18.8 Å². The molecule has 8 heteroatoms. The van der Waals surface area contributed by atoms with Crippen molar-refractivity contribution >= 4 is 11.9 Å². The topological polar surface area (TPSA) is 101 Å². The molecule has 2 atom stereocenters. The van der Waals surface area contributed by atoms with E-state index in [0.29, 0.717) is 12.4 Å². The first-order chi connectivity index (χ1) is 8.08. The van der Waals surface area contributed by atoms with Gasteiger partial charge >= 0.3 is 6.03 Å². The summed E-state index contributed by atoms with van der Waals surface area (Å²) in [4.78, 5) is 22.7. The summed E-state index contributed by atoms with van der Waals surface area (Å²) in [6.07, 6.45) is 1.57. The van der Waals surface area contributed by atoms with Crippen molar-refractivity contribution in [1.29, 1.82) is 0 Å². The average molecular weight is 238 g/mol. The Morgan fingerprint density at radius 1 is 1.71 bits per heavy atom. The molecule has 2 rings (SSSR count). The van der Waals surface area contributed by atoms with Crippen LogP contribution in [0.5, 0.6) is 0 Å². The van der Waals surface area contributed by atoms with Crippen LogP contribution in [0.15, 0.2) is 6.33 Å². The zero-order chi connectivity index (χ0) is 12.4. The molecular weight excluding hydrogens is 224 g/mol. The number of rotatable bonds is 3. The Kier molecular flexibility index (Phi) is 2.94. The largest absolute Gasteiger partial charge is 0.345 e. The normalized spacial score (nSPS) is 20.6. The Hall–Kier alpha value is -2.12. The van der Waals surface area contributed by atoms with E-state index in [4.69, 9.17) is 0 Å². The Labute approximate surface area is 97.8 Å². The van der Waals surface area contributed by atoms with Gasteiger partial charge < -0.3 is 20.5 Å². The molecule has 3 amide bonds. The zero-order valence-electron chi connectivity index (χ0n) is 9.60. The number of urea groups is 1. The molecule has 0 spiro atoms. The maximum Gasteiger partial charge on any atom is 0.315 e. The van der Waals surface area contributed by atoms with Crippen molar-refractivity contribution in [3.05, 3.63) is 12.2 Å². The number of hydrogen-bond donors (Lipinski definition) is 3. The third-order valence-corrected chi connectivity index (χ3v) is 2.58. The van der Waals surface area contributed by atoms with Gasteiger partial charge in [0, 0.05) is 13.6 Å². The second-order valence-corrected chi connectivity index (χ2v) is 3.94. The first-order valence-electron chi connectivity index (χ1n) is 5.26. The molecule has 2 heterocycles. The first-order valence-corrected chi connectivity index (χ1v) is 5.26. The predicted octanol–water partition coefficient (Wildman–Crippen LogP) is -1.33. The van der Waals surface area contributed by atoms with E-state index in [1.807, 2.05) is 6.92 Å². The van der Waals surface area contributed by atoms with E-state index in [1.54, 1.807) is 17.9 Å². The smallest absolute Gasteiger partial charge is 0.315 e. The summed E-state index contributed by atoms with van der Waals surface area (Å²) in [5, 5.41) is 15.5. The molecule has 0 aliphatic carbocycles. The summed E-state index contributed by atoms with van der Waals surface area (Å²) in [5.74, 6) is 0.425. The number of aryl methyl sites for hydroxylation is 1. The van der Waals surface area contributed by atoms with Gasteiger partial charge in [-0.1, -0.05) is 0 Å². The Morgan fingerprint density at radius 2 is 2.47 bits per heavy atom. The number of nitrogens with zero attached hydrogens (tertiary/aromatic N) is 3. The highest BCUT2D eigenvalue weighted by Crippen LogP contribution is 2.07. The molecule has 0 saturated carbocycles. The molecule has 1 saturated heterocycles. The maximum atomic E-state index is 11.8. The van der Waals surface area contributed by atoms with Crippen LogP contribution in [0, 0.1) is 0 Å². The third-order valence-electron chi connectivity index (χ3n) is 2.58. The molecule has 1 aromatic rings. The van der Waals surface area contributed by atoms with E-state index in [0.717, 1.165) is 0 Å². The van der Waals surface area contributed by atoms with Gasteiger partial charge in [-0.2, -0.15) is 0 Å². The molecule has 0 radical (unpaired) electrons. The fourth-order valence-electron chi connectivity index (χ4n) is 1.68. The highest BCUT2D eigenvalue weighted by atomic mass is 16.2. The molecule has 0 aromatic carbocycles. The quantitative estimate of drug-likeness (QED) is 0.607. The van der Waals surface area contributed by atoms with E-state index in [2.05, 4.69) is 26.1 Å². The van der Waals surface area contributed by atoms with Crippen LogP contribution >= 0.6 is 0 Å². The van der Waals surface area contributed by atoms with Gasteiger partial charge in [-0.15, -0.1) is 10.2 Å². The Bertz CT molecular complexity index is 442. The lowest BCUT2D eigenvalue weighted by molar-refractivity contribution is -0.123. The molecule has 3 N–H and O–H groups in total. The van der Waals surface area contributed by atoms with Gasteiger partial charge in [-0.3, -0.25) is 4.79 Å². The number of amides is 3. The number of hydrogen-bond acceptors (Lipinski definition) is 4. The highest BCUT2D eigenvalue weighted by Gasteiger charge is 2.28. The second kappa shape index (κ2) is 4.40. The van der Waals surface area contributed by atoms with Crippen molar-refractivity contribution in [2.75, 3.05) is 6.54 Å². The standard InChI is InChI=1S/C9H14N6O2/c1-5(7-14-11-4-15(7)2)12-8(16)6-3-10-9(17)13-6/h4-6H,3H2,1-2H3,(H,12,16)(H2,10,13,17). The monoisotopic (exact) mass is 238 g/mol. The molecule has 1 aliphatic rings. The lowest BCUT2D eigenvalue weighted by Gasteiger charge is -2.15. The van der Waals surface area contributed by atoms with Crippen LogP contribution in [0.2, 0.25) is 0 Å². The highest BCUT2D eigenvalue weighted by molar-refractivity contribution is 5.90. The molecular formula is C9H14N6O2. The van der Waals surface area contributed by atoms with Crippen molar-refractivity contribution in [1.82, 2.24) is 30.7 Å². The summed E-state index contributed by atoms with van der Waals surface area (Å²) >= 11 is 0. The van der Waals surface area contributed by atoms with Gasteiger partial charge in [0.1, 0.15) is 12.4 Å². The maximum absolute atomic E-state index is 11.8. The van der Waals surface area contributed by atoms with Crippen molar-refractivity contribution in [2.24, 2.45) is 7.05 Å². The van der Waals surface area contributed by atoms with Crippen molar-refractivity contribution in [2.45, 2.75) is 19.0 Å². The van der Waals surface area contributed by atoms with Crippen LogP contribution < -0.4 is 16.0 Å². The molecule has 1 fully saturated rings. The molecule has 1 aromatic heterocycles. The lowest BCUT2D eigenvalue weighted by atomic mass is 10.2. The van der Waals surface area contributed by atoms with E-state index in [9.17, 15) is 9.59 Å². The van der Waals surface area contributed by atoms with E-state index in [-0.39, 0.29) is 18.0 Å². The number of carbonyl (C=O) groups excluding carboxylic acids is 2. The van der Waals surface area contributed by atoms with Crippen LogP contribution in [0.4, 0.5) is 4.79 Å². The SMILES string of the molecule is CC(NC(=O)C1CNC(=O)N1)c1nncn1C. The fourth-order valence-corrected chi connectivity index (χ4v) is 1.68. The van der Waals surface area contributed by atoms with Crippen LogP contribution in [0.25, 0.3) is 0 Å². The predicted molar refractivity (Wildman–Crippen MR) is 57.9 cm³/mol. The minimum atomic E-state index is -0.529. The summed E-state index contributed by atoms with van der Waals surface area (Å²) in [6, 6.07) is -1.11. The molecule has 0 bridgehead atoms. The second-order valence-electron chi connectivity index (χ2n) is 3.94. The Morgan fingerprint density at radius 3 is 3.00 bits per heavy atom.